The summed E-state index contributed by atoms with van der Waals surface area (Å²) < 4.78 is 1.71. The minimum Gasteiger partial charge on any atom is -0.399 e. The molecule has 0 saturated carbocycles. The Morgan fingerprint density at radius 3 is 3.06 bits per heavy atom. The van der Waals surface area contributed by atoms with Gasteiger partial charge in [0.25, 0.3) is 0 Å². The summed E-state index contributed by atoms with van der Waals surface area (Å²) in [6.07, 6.45) is 2.67. The predicted molar refractivity (Wildman–Crippen MR) is 72.2 cm³/mol. The van der Waals surface area contributed by atoms with Gasteiger partial charge in [-0.1, -0.05) is 6.92 Å². The number of amides is 1. The van der Waals surface area contributed by atoms with Crippen LogP contribution in [-0.2, 0) is 4.79 Å². The van der Waals surface area contributed by atoms with E-state index in [0.29, 0.717) is 12.2 Å². The first-order valence-electron chi connectivity index (χ1n) is 6.14. The predicted octanol–water partition coefficient (Wildman–Crippen LogP) is 1.71. The van der Waals surface area contributed by atoms with Crippen molar-refractivity contribution in [1.29, 1.82) is 0 Å². The Morgan fingerprint density at radius 1 is 1.56 bits per heavy atom. The van der Waals surface area contributed by atoms with Gasteiger partial charge in [0, 0.05) is 17.6 Å². The van der Waals surface area contributed by atoms with Crippen molar-refractivity contribution in [3.05, 3.63) is 24.4 Å². The molecule has 1 atom stereocenters. The zero-order valence-electron chi connectivity index (χ0n) is 10.7. The molecule has 0 fully saturated rings. The van der Waals surface area contributed by atoms with E-state index in [1.165, 1.54) is 0 Å². The zero-order valence-corrected chi connectivity index (χ0v) is 10.7. The van der Waals surface area contributed by atoms with Gasteiger partial charge in [0.2, 0.25) is 5.91 Å². The molecule has 18 heavy (non-hydrogen) atoms. The fraction of sp³-hybridized carbons (Fsp3) is 0.385. The van der Waals surface area contributed by atoms with Gasteiger partial charge in [-0.15, -0.1) is 0 Å². The van der Waals surface area contributed by atoms with Gasteiger partial charge in [0.15, 0.2) is 0 Å². The molecule has 1 heterocycles. The number of rotatable bonds is 4. The van der Waals surface area contributed by atoms with Crippen LogP contribution in [0.15, 0.2) is 24.4 Å². The summed E-state index contributed by atoms with van der Waals surface area (Å²) in [4.78, 5) is 11.9. The molecule has 96 valence electrons. The highest BCUT2D eigenvalue weighted by Crippen LogP contribution is 2.20. The minimum atomic E-state index is -0.337. The summed E-state index contributed by atoms with van der Waals surface area (Å²) in [7, 11) is 0. The van der Waals surface area contributed by atoms with Crippen LogP contribution < -0.4 is 11.1 Å². The Kier molecular flexibility index (Phi) is 3.50. The molecule has 3 N–H and O–H groups in total. The number of hydrogen-bond donors (Lipinski definition) is 2. The first-order chi connectivity index (χ1) is 8.63. The number of nitrogen functional groups attached to an aromatic ring is 1. The fourth-order valence-electron chi connectivity index (χ4n) is 1.87. The molecular weight excluding hydrogens is 228 g/mol. The number of nitrogens with zero attached hydrogens (tertiary/aromatic N) is 2. The van der Waals surface area contributed by atoms with Crippen molar-refractivity contribution in [2.45, 2.75) is 26.3 Å². The van der Waals surface area contributed by atoms with E-state index in [2.05, 4.69) is 10.4 Å². The maximum absolute atomic E-state index is 11.9. The van der Waals surface area contributed by atoms with Gasteiger partial charge in [-0.25, -0.2) is 0 Å². The lowest BCUT2D eigenvalue weighted by atomic mass is 10.2. The number of fused-ring (bicyclic) bond motifs is 1. The number of nitrogens with one attached hydrogen (secondary N) is 1. The molecule has 2 rings (SSSR count). The summed E-state index contributed by atoms with van der Waals surface area (Å²) >= 11 is 0. The number of hydrogen-bond acceptors (Lipinski definition) is 3. The van der Waals surface area contributed by atoms with Crippen molar-refractivity contribution in [3.63, 3.8) is 0 Å². The lowest BCUT2D eigenvalue weighted by Crippen LogP contribution is -2.31. The molecule has 0 radical (unpaired) electrons. The molecule has 1 amide bonds. The molecule has 1 aromatic heterocycles. The van der Waals surface area contributed by atoms with Crippen LogP contribution in [0.25, 0.3) is 10.9 Å². The van der Waals surface area contributed by atoms with E-state index >= 15 is 0 Å². The molecule has 1 aromatic carbocycles. The molecule has 1 unspecified atom stereocenters. The second kappa shape index (κ2) is 5.08. The lowest BCUT2D eigenvalue weighted by molar-refractivity contribution is -0.124. The highest BCUT2D eigenvalue weighted by Gasteiger charge is 2.17. The van der Waals surface area contributed by atoms with Crippen LogP contribution in [0, 0.1) is 0 Å². The van der Waals surface area contributed by atoms with Gasteiger partial charge in [-0.3, -0.25) is 9.48 Å². The van der Waals surface area contributed by atoms with Gasteiger partial charge in [-0.2, -0.15) is 5.10 Å². The van der Waals surface area contributed by atoms with E-state index in [1.807, 2.05) is 32.0 Å². The number of benzene rings is 1. The van der Waals surface area contributed by atoms with Crippen LogP contribution in [0.5, 0.6) is 0 Å². The Hall–Kier alpha value is -2.04. The molecule has 5 nitrogen and oxygen atoms in total. The Morgan fingerprint density at radius 2 is 2.33 bits per heavy atom. The van der Waals surface area contributed by atoms with Gasteiger partial charge < -0.3 is 11.1 Å². The highest BCUT2D eigenvalue weighted by molar-refractivity contribution is 5.86. The Labute approximate surface area is 106 Å². The average Bonchev–Trinajstić information content (AvgIpc) is 2.77. The molecule has 0 saturated heterocycles. The largest absolute Gasteiger partial charge is 0.399 e. The van der Waals surface area contributed by atoms with Gasteiger partial charge in [0.1, 0.15) is 6.04 Å². The van der Waals surface area contributed by atoms with Gasteiger partial charge in [-0.05, 0) is 31.5 Å². The number of aromatic nitrogens is 2. The lowest BCUT2D eigenvalue weighted by Gasteiger charge is -2.13. The average molecular weight is 246 g/mol. The fourth-order valence-corrected chi connectivity index (χ4v) is 1.87. The van der Waals surface area contributed by atoms with Crippen LogP contribution in [0.2, 0.25) is 0 Å². The number of carbonyl (C=O) groups excluding carboxylic acids is 1. The first kappa shape index (κ1) is 12.4. The normalized spacial score (nSPS) is 12.6. The smallest absolute Gasteiger partial charge is 0.244 e. The van der Waals surface area contributed by atoms with E-state index in [9.17, 15) is 4.79 Å². The molecule has 0 aliphatic rings. The Bertz CT molecular complexity index is 561. The third-order valence-corrected chi connectivity index (χ3v) is 2.92. The molecular formula is C13H18N4O. The molecule has 0 bridgehead atoms. The van der Waals surface area contributed by atoms with E-state index in [-0.39, 0.29) is 11.9 Å². The Balaban J connectivity index is 2.30. The topological polar surface area (TPSA) is 72.9 Å². The monoisotopic (exact) mass is 246 g/mol. The first-order valence-corrected chi connectivity index (χ1v) is 6.14. The highest BCUT2D eigenvalue weighted by atomic mass is 16.2. The van der Waals surface area contributed by atoms with Crippen LogP contribution >= 0.6 is 0 Å². The zero-order chi connectivity index (χ0) is 13.1. The summed E-state index contributed by atoms with van der Waals surface area (Å²) in [5.41, 5.74) is 7.32. The summed E-state index contributed by atoms with van der Waals surface area (Å²) in [5.74, 6) is -0.0238. The minimum absolute atomic E-state index is 0.0238. The van der Waals surface area contributed by atoms with Crippen molar-refractivity contribution in [3.8, 4) is 0 Å². The second-order valence-corrected chi connectivity index (χ2v) is 4.37. The van der Waals surface area contributed by atoms with Crippen LogP contribution in [0.3, 0.4) is 0 Å². The quantitative estimate of drug-likeness (QED) is 0.806. The van der Waals surface area contributed by atoms with E-state index < -0.39 is 0 Å². The summed E-state index contributed by atoms with van der Waals surface area (Å²) in [6.45, 7) is 4.54. The molecule has 2 aromatic rings. The molecule has 5 heteroatoms. The second-order valence-electron chi connectivity index (χ2n) is 4.37. The standard InChI is InChI=1S/C13H18N4O/c1-3-6-15-13(18)9(2)17-12-7-11(14)5-4-10(12)8-16-17/h4-5,7-9H,3,6,14H2,1-2H3,(H,15,18). The third kappa shape index (κ3) is 2.30. The number of nitrogens with two attached hydrogens (primary N) is 1. The molecule has 0 spiro atoms. The maximum Gasteiger partial charge on any atom is 0.244 e. The van der Waals surface area contributed by atoms with Crippen LogP contribution in [0.1, 0.15) is 26.3 Å². The number of carbonyl (C=O) groups is 1. The summed E-state index contributed by atoms with van der Waals surface area (Å²) in [6, 6.07) is 5.24. The van der Waals surface area contributed by atoms with Gasteiger partial charge >= 0.3 is 0 Å². The van der Waals surface area contributed by atoms with Crippen molar-refractivity contribution in [2.75, 3.05) is 12.3 Å². The van der Waals surface area contributed by atoms with E-state index in [0.717, 1.165) is 17.3 Å². The van der Waals surface area contributed by atoms with Crippen molar-refractivity contribution in [2.24, 2.45) is 0 Å². The maximum atomic E-state index is 11.9. The van der Waals surface area contributed by atoms with Crippen molar-refractivity contribution < 1.29 is 4.79 Å². The SMILES string of the molecule is CCCNC(=O)C(C)n1ncc2ccc(N)cc21. The van der Waals surface area contributed by atoms with Crippen LogP contribution in [0.4, 0.5) is 5.69 Å². The van der Waals surface area contributed by atoms with Crippen molar-refractivity contribution in [1.82, 2.24) is 15.1 Å². The van der Waals surface area contributed by atoms with Crippen LogP contribution in [-0.4, -0.2) is 22.2 Å². The molecule has 0 aliphatic heterocycles. The summed E-state index contributed by atoms with van der Waals surface area (Å²) in [5, 5.41) is 8.12. The van der Waals surface area contributed by atoms with E-state index in [1.54, 1.807) is 10.9 Å². The van der Waals surface area contributed by atoms with Gasteiger partial charge in [0.05, 0.1) is 11.7 Å². The molecule has 0 aliphatic carbocycles. The van der Waals surface area contributed by atoms with E-state index in [4.69, 9.17) is 5.73 Å². The van der Waals surface area contributed by atoms with Crippen molar-refractivity contribution >= 4 is 22.5 Å². The number of anilines is 1. The third-order valence-electron chi connectivity index (χ3n) is 2.92.